The highest BCUT2D eigenvalue weighted by Crippen LogP contribution is 2.29. The first-order valence-electron chi connectivity index (χ1n) is 11.6. The van der Waals surface area contributed by atoms with E-state index in [4.69, 9.17) is 4.74 Å². The number of carbonyl (C=O) groups excluding carboxylic acids is 1. The van der Waals surface area contributed by atoms with Gasteiger partial charge in [-0.3, -0.25) is 14.6 Å². The van der Waals surface area contributed by atoms with Crippen LogP contribution in [0.5, 0.6) is 5.75 Å². The van der Waals surface area contributed by atoms with Crippen LogP contribution in [-0.2, 0) is 11.3 Å². The molecule has 1 N–H and O–H groups in total. The maximum atomic E-state index is 13.7. The van der Waals surface area contributed by atoms with Crippen molar-refractivity contribution in [3.63, 3.8) is 0 Å². The van der Waals surface area contributed by atoms with E-state index in [1.165, 1.54) is 5.56 Å². The van der Waals surface area contributed by atoms with E-state index < -0.39 is 0 Å². The Kier molecular flexibility index (Phi) is 7.76. The Hall–Kier alpha value is -3.15. The number of anilines is 1. The van der Waals surface area contributed by atoms with Crippen LogP contribution in [0.1, 0.15) is 29.2 Å². The molecule has 0 bridgehead atoms. The Bertz CT molecular complexity index is 1040. The van der Waals surface area contributed by atoms with E-state index in [1.807, 2.05) is 55.5 Å². The highest BCUT2D eigenvalue weighted by Gasteiger charge is 2.30. The topological polar surface area (TPSA) is 44.8 Å². The molecule has 5 nitrogen and oxygen atoms in total. The number of aryl methyl sites for hydroxylation is 1. The molecule has 5 heteroatoms. The first-order valence-corrected chi connectivity index (χ1v) is 11.6. The predicted octanol–water partition coefficient (Wildman–Crippen LogP) is 4.89. The molecule has 1 atom stereocenters. The number of hydrogen-bond acceptors (Lipinski definition) is 4. The summed E-state index contributed by atoms with van der Waals surface area (Å²) in [4.78, 5) is 18.5. The lowest BCUT2D eigenvalue weighted by Gasteiger charge is -2.30. The number of hydrogen-bond donors (Lipinski definition) is 1. The lowest BCUT2D eigenvalue weighted by molar-refractivity contribution is -0.121. The fourth-order valence-electron chi connectivity index (χ4n) is 4.53. The van der Waals surface area contributed by atoms with Crippen LogP contribution in [0.4, 0.5) is 5.69 Å². The van der Waals surface area contributed by atoms with Gasteiger partial charge in [-0.05, 0) is 48.7 Å². The van der Waals surface area contributed by atoms with Gasteiger partial charge in [0.2, 0.25) is 5.91 Å². The highest BCUT2D eigenvalue weighted by atomic mass is 16.5. The highest BCUT2D eigenvalue weighted by molar-refractivity contribution is 5.96. The molecule has 1 fully saturated rings. The molecule has 3 aromatic carbocycles. The molecule has 1 heterocycles. The first kappa shape index (κ1) is 23.0. The lowest BCUT2D eigenvalue weighted by atomic mass is 10.0. The molecule has 3 aromatic rings. The molecule has 0 aromatic heterocycles. The van der Waals surface area contributed by atoms with Gasteiger partial charge in [0.1, 0.15) is 11.8 Å². The van der Waals surface area contributed by atoms with Gasteiger partial charge in [-0.2, -0.15) is 0 Å². The molecule has 1 aliphatic rings. The third-order valence-electron chi connectivity index (χ3n) is 6.21. The number of benzene rings is 3. The summed E-state index contributed by atoms with van der Waals surface area (Å²) in [5.41, 5.74) is 4.13. The summed E-state index contributed by atoms with van der Waals surface area (Å²) in [5, 5.41) is 3.15. The molecule has 0 radical (unpaired) electrons. The van der Waals surface area contributed by atoms with Gasteiger partial charge in [-0.25, -0.2) is 0 Å². The Morgan fingerprint density at radius 2 is 1.67 bits per heavy atom. The van der Waals surface area contributed by atoms with E-state index in [0.29, 0.717) is 11.4 Å². The van der Waals surface area contributed by atoms with Crippen molar-refractivity contribution in [3.8, 4) is 5.75 Å². The van der Waals surface area contributed by atoms with Crippen molar-refractivity contribution in [2.45, 2.75) is 25.9 Å². The van der Waals surface area contributed by atoms with Gasteiger partial charge in [-0.15, -0.1) is 0 Å². The zero-order valence-corrected chi connectivity index (χ0v) is 19.5. The molecule has 4 rings (SSSR count). The third-order valence-corrected chi connectivity index (χ3v) is 6.21. The standard InChI is InChI=1S/C28H33N3O2/c1-22-14-15-26(33-2)25(20-22)29-28(32)27(24-12-7-4-8-13-24)31-17-9-16-30(18-19-31)21-23-10-5-3-6-11-23/h3-8,10-15,20,27H,9,16-19,21H2,1-2H3,(H,29,32). The fourth-order valence-corrected chi connectivity index (χ4v) is 4.53. The maximum absolute atomic E-state index is 13.7. The number of nitrogens with zero attached hydrogens (tertiary/aromatic N) is 2. The van der Waals surface area contributed by atoms with Gasteiger partial charge in [0, 0.05) is 26.2 Å². The van der Waals surface area contributed by atoms with Crippen LogP contribution in [-0.4, -0.2) is 49.0 Å². The summed E-state index contributed by atoms with van der Waals surface area (Å²) in [6.45, 7) is 6.63. The van der Waals surface area contributed by atoms with E-state index in [0.717, 1.165) is 50.3 Å². The Labute approximate surface area is 197 Å². The number of nitrogens with one attached hydrogen (secondary N) is 1. The van der Waals surface area contributed by atoms with Gasteiger partial charge in [0.25, 0.3) is 0 Å². The SMILES string of the molecule is COc1ccc(C)cc1NC(=O)C(c1ccccc1)N1CCCN(Cc2ccccc2)CC1. The van der Waals surface area contributed by atoms with Crippen molar-refractivity contribution < 1.29 is 9.53 Å². The second-order valence-electron chi connectivity index (χ2n) is 8.66. The molecule has 1 unspecified atom stereocenters. The molecule has 1 aliphatic heterocycles. The molecule has 1 amide bonds. The van der Waals surface area contributed by atoms with Crippen molar-refractivity contribution in [2.24, 2.45) is 0 Å². The minimum absolute atomic E-state index is 0.0263. The normalized spacial score (nSPS) is 16.1. The molecular formula is C28H33N3O2. The second kappa shape index (κ2) is 11.1. The van der Waals surface area contributed by atoms with Crippen LogP contribution in [0.15, 0.2) is 78.9 Å². The number of ether oxygens (including phenoxy) is 1. The number of amides is 1. The fraction of sp³-hybridized carbons (Fsp3) is 0.321. The van der Waals surface area contributed by atoms with E-state index in [1.54, 1.807) is 7.11 Å². The summed E-state index contributed by atoms with van der Waals surface area (Å²) in [6, 6.07) is 26.2. The van der Waals surface area contributed by atoms with Crippen molar-refractivity contribution in [1.82, 2.24) is 9.80 Å². The van der Waals surface area contributed by atoms with E-state index in [9.17, 15) is 4.79 Å². The summed E-state index contributed by atoms with van der Waals surface area (Å²) < 4.78 is 5.49. The first-order chi connectivity index (χ1) is 16.1. The molecule has 172 valence electrons. The largest absolute Gasteiger partial charge is 0.495 e. The number of methoxy groups -OCH3 is 1. The van der Waals surface area contributed by atoms with Crippen LogP contribution in [0.3, 0.4) is 0 Å². The zero-order valence-electron chi connectivity index (χ0n) is 19.5. The van der Waals surface area contributed by atoms with Crippen LogP contribution in [0.25, 0.3) is 0 Å². The van der Waals surface area contributed by atoms with Crippen LogP contribution in [0, 0.1) is 6.92 Å². The van der Waals surface area contributed by atoms with Gasteiger partial charge in [0.05, 0.1) is 12.8 Å². The van der Waals surface area contributed by atoms with Crippen LogP contribution >= 0.6 is 0 Å². The predicted molar refractivity (Wildman–Crippen MR) is 133 cm³/mol. The van der Waals surface area contributed by atoms with E-state index in [-0.39, 0.29) is 11.9 Å². The summed E-state index contributed by atoms with van der Waals surface area (Å²) in [7, 11) is 1.63. The monoisotopic (exact) mass is 443 g/mol. The van der Waals surface area contributed by atoms with Gasteiger partial charge >= 0.3 is 0 Å². The van der Waals surface area contributed by atoms with Gasteiger partial charge in [-0.1, -0.05) is 66.7 Å². The maximum Gasteiger partial charge on any atom is 0.246 e. The Balaban J connectivity index is 1.52. The summed E-state index contributed by atoms with van der Waals surface area (Å²) in [5.74, 6) is 0.646. The van der Waals surface area contributed by atoms with Crippen LogP contribution in [0.2, 0.25) is 0 Å². The second-order valence-corrected chi connectivity index (χ2v) is 8.66. The van der Waals surface area contributed by atoms with E-state index in [2.05, 4.69) is 45.4 Å². The average molecular weight is 444 g/mol. The minimum Gasteiger partial charge on any atom is -0.495 e. The summed E-state index contributed by atoms with van der Waals surface area (Å²) in [6.07, 6.45) is 1.03. The molecule has 1 saturated heterocycles. The molecular weight excluding hydrogens is 410 g/mol. The van der Waals surface area contributed by atoms with E-state index >= 15 is 0 Å². The van der Waals surface area contributed by atoms with Crippen molar-refractivity contribution in [1.29, 1.82) is 0 Å². The van der Waals surface area contributed by atoms with Crippen molar-refractivity contribution in [3.05, 3.63) is 95.6 Å². The molecule has 0 aliphatic carbocycles. The van der Waals surface area contributed by atoms with Crippen molar-refractivity contribution in [2.75, 3.05) is 38.6 Å². The number of rotatable bonds is 7. The minimum atomic E-state index is -0.354. The summed E-state index contributed by atoms with van der Waals surface area (Å²) >= 11 is 0. The quantitative estimate of drug-likeness (QED) is 0.565. The van der Waals surface area contributed by atoms with Gasteiger partial charge in [0.15, 0.2) is 0 Å². The Morgan fingerprint density at radius 1 is 0.939 bits per heavy atom. The number of carbonyl (C=O) groups is 1. The Morgan fingerprint density at radius 3 is 2.39 bits per heavy atom. The molecule has 0 spiro atoms. The third kappa shape index (κ3) is 6.01. The zero-order chi connectivity index (χ0) is 23.0. The molecule has 33 heavy (non-hydrogen) atoms. The molecule has 0 saturated carbocycles. The van der Waals surface area contributed by atoms with Crippen LogP contribution < -0.4 is 10.1 Å². The lowest BCUT2D eigenvalue weighted by Crippen LogP contribution is -2.39. The average Bonchev–Trinajstić information content (AvgIpc) is 3.06. The van der Waals surface area contributed by atoms with Crippen molar-refractivity contribution >= 4 is 11.6 Å². The van der Waals surface area contributed by atoms with Gasteiger partial charge < -0.3 is 10.1 Å². The smallest absolute Gasteiger partial charge is 0.246 e.